The molecule has 3 heterocycles. The van der Waals surface area contributed by atoms with Crippen LogP contribution in [0.15, 0.2) is 49.1 Å². The lowest BCUT2D eigenvalue weighted by atomic mass is 10.0. The lowest BCUT2D eigenvalue weighted by molar-refractivity contribution is -0.128. The Balaban J connectivity index is 1.18. The third kappa shape index (κ3) is 6.06. The molecule has 0 bridgehead atoms. The number of aromatic nitrogens is 2. The maximum Gasteiger partial charge on any atom is 0.319 e. The summed E-state index contributed by atoms with van der Waals surface area (Å²) in [7, 11) is 0. The molecular weight excluding hydrogens is 588 g/mol. The molecule has 1 amide bonds. The first kappa shape index (κ1) is 29.8. The Morgan fingerprint density at radius 2 is 1.93 bits per heavy atom. The molecule has 2 aromatic carbocycles. The molecule has 9 nitrogen and oxygen atoms in total. The molecule has 2 aliphatic heterocycles. The third-order valence-electron chi connectivity index (χ3n) is 9.81. The average Bonchev–Trinajstić information content (AvgIpc) is 3.67. The van der Waals surface area contributed by atoms with E-state index in [1.165, 1.54) is 12.5 Å². The quantitative estimate of drug-likeness (QED) is 0.228. The van der Waals surface area contributed by atoms with Gasteiger partial charge in [-0.15, -0.1) is 0 Å². The van der Waals surface area contributed by atoms with Crippen LogP contribution in [0.5, 0.6) is 6.01 Å². The Morgan fingerprint density at radius 1 is 1.13 bits per heavy atom. The second-order valence-electron chi connectivity index (χ2n) is 12.8. The number of hydrogen-bond donors (Lipinski definition) is 0. The Bertz CT molecular complexity index is 1640. The molecule has 1 saturated heterocycles. The highest BCUT2D eigenvalue weighted by Gasteiger charge is 2.46. The van der Waals surface area contributed by atoms with Crippen molar-refractivity contribution < 1.29 is 14.3 Å². The second kappa shape index (κ2) is 12.5. The lowest BCUT2D eigenvalue weighted by Gasteiger charge is -2.41. The molecule has 4 atom stereocenters. The summed E-state index contributed by atoms with van der Waals surface area (Å²) in [5.74, 6) is 2.42. The number of amides is 1. The first-order chi connectivity index (χ1) is 21.9. The summed E-state index contributed by atoms with van der Waals surface area (Å²) in [4.78, 5) is 32.5. The normalized spacial score (nSPS) is 24.5. The standard InChI is InChI=1S/C35H39ClN6O3/c1-4-32(43)42-14-13-41(19-26(42)18-37-3)34-28-11-12-40(31-10-6-8-23-7-5-9-29(36)33(23)31)20-30(28)38-35(39-34)45-22(2)21-44-27-16-24-15-25(24)17-27/h4-10,22,24-27H,1,11-21H2,2H3/t22-,24?,25?,26-,27?/m0/s1. The van der Waals surface area contributed by atoms with Gasteiger partial charge in [0.05, 0.1) is 30.0 Å². The molecule has 45 heavy (non-hydrogen) atoms. The molecule has 10 heteroatoms. The summed E-state index contributed by atoms with van der Waals surface area (Å²) in [5.41, 5.74) is 3.08. The molecule has 2 aliphatic carbocycles. The van der Waals surface area contributed by atoms with Crippen molar-refractivity contribution in [1.82, 2.24) is 14.9 Å². The third-order valence-corrected chi connectivity index (χ3v) is 10.1. The van der Waals surface area contributed by atoms with Crippen LogP contribution in [0.3, 0.4) is 0 Å². The minimum Gasteiger partial charge on any atom is -0.458 e. The van der Waals surface area contributed by atoms with Gasteiger partial charge in [0.25, 0.3) is 0 Å². The fourth-order valence-electron chi connectivity index (χ4n) is 7.45. The van der Waals surface area contributed by atoms with Crippen LogP contribution in [-0.4, -0.2) is 78.4 Å². The van der Waals surface area contributed by atoms with Crippen molar-refractivity contribution in [1.29, 1.82) is 0 Å². The Kier molecular flexibility index (Phi) is 8.28. The highest BCUT2D eigenvalue weighted by atomic mass is 35.5. The number of carbonyl (C=O) groups is 1. The summed E-state index contributed by atoms with van der Waals surface area (Å²) < 4.78 is 12.6. The van der Waals surface area contributed by atoms with E-state index in [2.05, 4.69) is 45.5 Å². The molecule has 2 saturated carbocycles. The van der Waals surface area contributed by atoms with Gasteiger partial charge in [-0.3, -0.25) is 4.79 Å². The maximum atomic E-state index is 12.6. The first-order valence-corrected chi connectivity index (χ1v) is 16.4. The summed E-state index contributed by atoms with van der Waals surface area (Å²) in [5, 5.41) is 2.87. The molecule has 1 aromatic heterocycles. The Hall–Kier alpha value is -3.87. The van der Waals surface area contributed by atoms with Crippen LogP contribution in [0.1, 0.15) is 37.4 Å². The van der Waals surface area contributed by atoms with Gasteiger partial charge in [0.1, 0.15) is 18.0 Å². The van der Waals surface area contributed by atoms with Crippen molar-refractivity contribution >= 4 is 39.8 Å². The van der Waals surface area contributed by atoms with Crippen LogP contribution in [0.4, 0.5) is 11.5 Å². The molecule has 3 fully saturated rings. The smallest absolute Gasteiger partial charge is 0.319 e. The fourth-order valence-corrected chi connectivity index (χ4v) is 7.72. The van der Waals surface area contributed by atoms with Gasteiger partial charge in [-0.25, -0.2) is 6.57 Å². The topological polar surface area (TPSA) is 75.4 Å². The van der Waals surface area contributed by atoms with E-state index in [-0.39, 0.29) is 24.6 Å². The van der Waals surface area contributed by atoms with Gasteiger partial charge in [0, 0.05) is 42.8 Å². The Labute approximate surface area is 269 Å². The number of ether oxygens (including phenoxy) is 2. The van der Waals surface area contributed by atoms with Crippen molar-refractivity contribution in [2.75, 3.05) is 49.1 Å². The number of piperazine rings is 1. The number of fused-ring (bicyclic) bond motifs is 3. The van der Waals surface area contributed by atoms with Crippen LogP contribution in [0.2, 0.25) is 5.02 Å². The molecule has 0 N–H and O–H groups in total. The van der Waals surface area contributed by atoms with Crippen LogP contribution < -0.4 is 14.5 Å². The van der Waals surface area contributed by atoms with Gasteiger partial charge in [-0.1, -0.05) is 42.4 Å². The fraction of sp³-hybridized carbons (Fsp3) is 0.486. The van der Waals surface area contributed by atoms with Crippen LogP contribution in [0, 0.1) is 18.4 Å². The summed E-state index contributed by atoms with van der Waals surface area (Å²) in [6.45, 7) is 16.9. The van der Waals surface area contributed by atoms with Crippen molar-refractivity contribution in [3.05, 3.63) is 76.8 Å². The predicted molar refractivity (Wildman–Crippen MR) is 176 cm³/mol. The van der Waals surface area contributed by atoms with Gasteiger partial charge in [-0.05, 0) is 68.0 Å². The zero-order valence-corrected chi connectivity index (χ0v) is 26.5. The SMILES string of the molecule is [C-]#[N+]C[C@H]1CN(c2nc(O[C@@H](C)COC3CC4CC4C3)nc3c2CCN(c2cccc4cccc(Cl)c24)C3)CCN1C(=O)C=C. The molecule has 2 unspecified atom stereocenters. The summed E-state index contributed by atoms with van der Waals surface area (Å²) in [6.07, 6.45) is 5.89. The zero-order chi connectivity index (χ0) is 31.1. The number of nitrogens with zero attached hydrogens (tertiary/aromatic N) is 6. The van der Waals surface area contributed by atoms with Gasteiger partial charge >= 0.3 is 6.01 Å². The Morgan fingerprint density at radius 3 is 2.71 bits per heavy atom. The van der Waals surface area contributed by atoms with Gasteiger partial charge < -0.3 is 29.0 Å². The van der Waals surface area contributed by atoms with Crippen molar-refractivity contribution in [3.63, 3.8) is 0 Å². The molecule has 3 aromatic rings. The van der Waals surface area contributed by atoms with E-state index in [4.69, 9.17) is 37.6 Å². The number of anilines is 2. The summed E-state index contributed by atoms with van der Waals surface area (Å²) in [6, 6.07) is 12.4. The highest BCUT2D eigenvalue weighted by molar-refractivity contribution is 6.36. The number of hydrogen-bond acceptors (Lipinski definition) is 7. The van der Waals surface area contributed by atoms with Gasteiger partial charge in [0.15, 0.2) is 0 Å². The van der Waals surface area contributed by atoms with E-state index in [0.29, 0.717) is 44.9 Å². The van der Waals surface area contributed by atoms with Crippen LogP contribution in [0.25, 0.3) is 15.6 Å². The first-order valence-electron chi connectivity index (χ1n) is 16.0. The van der Waals surface area contributed by atoms with E-state index in [0.717, 1.165) is 76.2 Å². The van der Waals surface area contributed by atoms with E-state index in [1.54, 1.807) is 4.90 Å². The monoisotopic (exact) mass is 626 g/mol. The number of rotatable bonds is 9. The second-order valence-corrected chi connectivity index (χ2v) is 13.2. The predicted octanol–water partition coefficient (Wildman–Crippen LogP) is 5.55. The van der Waals surface area contributed by atoms with E-state index in [1.807, 2.05) is 19.1 Å². The van der Waals surface area contributed by atoms with Crippen LogP contribution in [-0.2, 0) is 22.5 Å². The van der Waals surface area contributed by atoms with Gasteiger partial charge in [0.2, 0.25) is 12.5 Å². The molecule has 0 spiro atoms. The minimum absolute atomic E-state index is 0.144. The highest BCUT2D eigenvalue weighted by Crippen LogP contribution is 2.52. The number of benzene rings is 2. The molecule has 4 aliphatic rings. The largest absolute Gasteiger partial charge is 0.458 e. The average molecular weight is 627 g/mol. The van der Waals surface area contributed by atoms with Crippen molar-refractivity contribution in [2.45, 2.75) is 57.4 Å². The minimum atomic E-state index is -0.250. The number of carbonyl (C=O) groups excluding carboxylic acids is 1. The molecule has 7 rings (SSSR count). The van der Waals surface area contributed by atoms with E-state index in [9.17, 15) is 4.79 Å². The van der Waals surface area contributed by atoms with Gasteiger partial charge in [-0.2, -0.15) is 9.97 Å². The summed E-state index contributed by atoms with van der Waals surface area (Å²) >= 11 is 6.72. The van der Waals surface area contributed by atoms with Crippen molar-refractivity contribution in [2.24, 2.45) is 11.8 Å². The van der Waals surface area contributed by atoms with Crippen molar-refractivity contribution in [3.8, 4) is 6.01 Å². The molecule has 234 valence electrons. The van der Waals surface area contributed by atoms with Crippen LogP contribution >= 0.6 is 11.6 Å². The number of halogens is 1. The van der Waals surface area contributed by atoms with E-state index < -0.39 is 0 Å². The lowest BCUT2D eigenvalue weighted by Crippen LogP contribution is -2.56. The molecule has 0 radical (unpaired) electrons. The maximum absolute atomic E-state index is 12.6. The zero-order valence-electron chi connectivity index (χ0n) is 25.7. The van der Waals surface area contributed by atoms with E-state index >= 15 is 0 Å². The molecular formula is C35H39ClN6O3.